The van der Waals surface area contributed by atoms with Gasteiger partial charge in [0.1, 0.15) is 12.4 Å². The van der Waals surface area contributed by atoms with Gasteiger partial charge >= 0.3 is 0 Å². The van der Waals surface area contributed by atoms with E-state index >= 15 is 0 Å². The monoisotopic (exact) mass is 379 g/mol. The minimum atomic E-state index is -0.281. The van der Waals surface area contributed by atoms with Crippen molar-refractivity contribution < 1.29 is 14.3 Å². The summed E-state index contributed by atoms with van der Waals surface area (Å²) in [5, 5.41) is 0. The van der Waals surface area contributed by atoms with E-state index in [2.05, 4.69) is 0 Å². The molecule has 1 fully saturated rings. The van der Waals surface area contributed by atoms with Crippen LogP contribution in [0.15, 0.2) is 54.6 Å². The molecule has 0 aromatic heterocycles. The lowest BCUT2D eigenvalue weighted by Gasteiger charge is -2.39. The fourth-order valence-electron chi connectivity index (χ4n) is 4.12. The van der Waals surface area contributed by atoms with Crippen molar-refractivity contribution in [2.24, 2.45) is 11.7 Å². The third kappa shape index (κ3) is 3.73. The summed E-state index contributed by atoms with van der Waals surface area (Å²) in [7, 11) is 0. The Morgan fingerprint density at radius 3 is 2.61 bits per heavy atom. The number of hydrogen-bond acceptors (Lipinski definition) is 4. The van der Waals surface area contributed by atoms with E-state index in [-0.39, 0.29) is 30.3 Å². The summed E-state index contributed by atoms with van der Waals surface area (Å²) in [5.41, 5.74) is 7.32. The second-order valence-electron chi connectivity index (χ2n) is 7.45. The summed E-state index contributed by atoms with van der Waals surface area (Å²) >= 11 is 0. The van der Waals surface area contributed by atoms with E-state index in [4.69, 9.17) is 10.5 Å². The van der Waals surface area contributed by atoms with E-state index in [0.29, 0.717) is 13.2 Å². The van der Waals surface area contributed by atoms with Crippen molar-refractivity contribution in [2.45, 2.75) is 18.9 Å². The molecule has 28 heavy (non-hydrogen) atoms. The van der Waals surface area contributed by atoms with Crippen LogP contribution in [0.3, 0.4) is 0 Å². The molecule has 2 aliphatic rings. The maximum Gasteiger partial charge on any atom is 0.241 e. The molecule has 2 atom stereocenters. The SMILES string of the molecule is NC(=O)[C@H]1CCCN(CC(=O)N2c3ccccc3OC[C@H]2c2ccccc2)C1. The number of rotatable bonds is 4. The van der Waals surface area contributed by atoms with Crippen LogP contribution in [0, 0.1) is 5.92 Å². The molecule has 1 saturated heterocycles. The second kappa shape index (κ2) is 8.02. The Kier molecular flexibility index (Phi) is 5.30. The molecule has 2 N–H and O–H groups in total. The topological polar surface area (TPSA) is 75.9 Å². The molecule has 0 bridgehead atoms. The van der Waals surface area contributed by atoms with Crippen LogP contribution in [0.5, 0.6) is 5.75 Å². The Bertz CT molecular complexity index is 855. The van der Waals surface area contributed by atoms with E-state index in [0.717, 1.165) is 36.4 Å². The van der Waals surface area contributed by atoms with Crippen LogP contribution in [0.1, 0.15) is 24.4 Å². The number of amides is 2. The van der Waals surface area contributed by atoms with Crippen LogP contribution in [-0.2, 0) is 9.59 Å². The van der Waals surface area contributed by atoms with Crippen LogP contribution in [0.4, 0.5) is 5.69 Å². The highest BCUT2D eigenvalue weighted by Gasteiger charge is 2.35. The fraction of sp³-hybridized carbons (Fsp3) is 0.364. The first kappa shape index (κ1) is 18.5. The Hall–Kier alpha value is -2.86. The van der Waals surface area contributed by atoms with Gasteiger partial charge in [-0.3, -0.25) is 19.4 Å². The zero-order valence-electron chi connectivity index (χ0n) is 15.8. The molecule has 0 radical (unpaired) electrons. The number of piperidine rings is 1. The summed E-state index contributed by atoms with van der Waals surface area (Å²) in [4.78, 5) is 28.9. The zero-order chi connectivity index (χ0) is 19.5. The maximum atomic E-state index is 13.4. The van der Waals surface area contributed by atoms with Gasteiger partial charge < -0.3 is 10.5 Å². The van der Waals surface area contributed by atoms with E-state index < -0.39 is 0 Å². The van der Waals surface area contributed by atoms with Gasteiger partial charge in [-0.15, -0.1) is 0 Å². The van der Waals surface area contributed by atoms with Crippen LogP contribution >= 0.6 is 0 Å². The first-order valence-corrected chi connectivity index (χ1v) is 9.74. The number of carbonyl (C=O) groups is 2. The molecule has 2 aromatic carbocycles. The van der Waals surface area contributed by atoms with Gasteiger partial charge in [0.15, 0.2) is 0 Å². The minimum Gasteiger partial charge on any atom is -0.489 e. The molecule has 4 rings (SSSR count). The van der Waals surface area contributed by atoms with Crippen molar-refractivity contribution in [3.05, 3.63) is 60.2 Å². The quantitative estimate of drug-likeness (QED) is 0.885. The molecular formula is C22H25N3O3. The van der Waals surface area contributed by atoms with Gasteiger partial charge in [-0.2, -0.15) is 0 Å². The van der Waals surface area contributed by atoms with Gasteiger partial charge in [-0.1, -0.05) is 42.5 Å². The molecular weight excluding hydrogens is 354 g/mol. The molecule has 2 aliphatic heterocycles. The van der Waals surface area contributed by atoms with Crippen molar-refractivity contribution in [3.8, 4) is 5.75 Å². The Balaban J connectivity index is 1.60. The third-order valence-corrected chi connectivity index (χ3v) is 5.55. The average molecular weight is 379 g/mol. The lowest BCUT2D eigenvalue weighted by molar-refractivity contribution is -0.126. The Morgan fingerprint density at radius 1 is 1.07 bits per heavy atom. The molecule has 2 amide bonds. The summed E-state index contributed by atoms with van der Waals surface area (Å²) in [6.45, 7) is 2.03. The first-order valence-electron chi connectivity index (χ1n) is 9.74. The molecule has 0 spiro atoms. The van der Waals surface area contributed by atoms with Crippen molar-refractivity contribution in [2.75, 3.05) is 31.1 Å². The van der Waals surface area contributed by atoms with Gasteiger partial charge in [0.25, 0.3) is 0 Å². The number of ether oxygens (including phenoxy) is 1. The minimum absolute atomic E-state index is 0.00900. The van der Waals surface area contributed by atoms with Crippen molar-refractivity contribution in [1.29, 1.82) is 0 Å². The number of nitrogens with two attached hydrogens (primary N) is 1. The first-order chi connectivity index (χ1) is 13.6. The largest absolute Gasteiger partial charge is 0.489 e. The Morgan fingerprint density at radius 2 is 1.82 bits per heavy atom. The van der Waals surface area contributed by atoms with E-state index in [1.54, 1.807) is 0 Å². The highest BCUT2D eigenvalue weighted by atomic mass is 16.5. The zero-order valence-corrected chi connectivity index (χ0v) is 15.8. The molecule has 0 aliphatic carbocycles. The van der Waals surface area contributed by atoms with Crippen LogP contribution in [0.25, 0.3) is 0 Å². The predicted octanol–water partition coefficient (Wildman–Crippen LogP) is 2.35. The number of hydrogen-bond donors (Lipinski definition) is 1. The number of likely N-dealkylation sites (tertiary alicyclic amines) is 1. The standard InChI is InChI=1S/C22H25N3O3/c23-22(27)17-9-6-12-24(13-17)14-21(26)25-18-10-4-5-11-20(18)28-15-19(25)16-7-2-1-3-8-16/h1-5,7-8,10-11,17,19H,6,9,12-15H2,(H2,23,27)/t17-,19-/m0/s1. The van der Waals surface area contributed by atoms with Crippen LogP contribution in [-0.4, -0.2) is 43.0 Å². The molecule has 6 heteroatoms. The lowest BCUT2D eigenvalue weighted by atomic mass is 9.97. The van der Waals surface area contributed by atoms with Gasteiger partial charge in [0.05, 0.1) is 24.2 Å². The highest BCUT2D eigenvalue weighted by Crippen LogP contribution is 2.39. The summed E-state index contributed by atoms with van der Waals surface area (Å²) < 4.78 is 5.94. The lowest BCUT2D eigenvalue weighted by Crippen LogP contribution is -2.49. The van der Waals surface area contributed by atoms with Crippen LogP contribution < -0.4 is 15.4 Å². The number of primary amides is 1. The fourth-order valence-corrected chi connectivity index (χ4v) is 4.12. The summed E-state index contributed by atoms with van der Waals surface area (Å²) in [6, 6.07) is 17.4. The molecule has 6 nitrogen and oxygen atoms in total. The number of carbonyl (C=O) groups excluding carboxylic acids is 2. The molecule has 2 aromatic rings. The summed E-state index contributed by atoms with van der Waals surface area (Å²) in [6.07, 6.45) is 1.68. The highest BCUT2D eigenvalue weighted by molar-refractivity contribution is 5.97. The molecule has 146 valence electrons. The van der Waals surface area contributed by atoms with Crippen molar-refractivity contribution in [3.63, 3.8) is 0 Å². The number of fused-ring (bicyclic) bond motifs is 1. The van der Waals surface area contributed by atoms with Gasteiger partial charge in [0, 0.05) is 6.54 Å². The molecule has 0 saturated carbocycles. The number of benzene rings is 2. The van der Waals surface area contributed by atoms with Gasteiger partial charge in [-0.25, -0.2) is 0 Å². The normalized spacial score (nSPS) is 22.2. The maximum absolute atomic E-state index is 13.4. The van der Waals surface area contributed by atoms with Crippen LogP contribution in [0.2, 0.25) is 0 Å². The Labute approximate surface area is 164 Å². The van der Waals surface area contributed by atoms with Gasteiger partial charge in [0.2, 0.25) is 11.8 Å². The summed E-state index contributed by atoms with van der Waals surface area (Å²) in [5.74, 6) is 0.269. The molecule has 0 unspecified atom stereocenters. The van der Waals surface area contributed by atoms with Crippen molar-refractivity contribution >= 4 is 17.5 Å². The van der Waals surface area contributed by atoms with E-state index in [9.17, 15) is 9.59 Å². The van der Waals surface area contributed by atoms with E-state index in [1.807, 2.05) is 64.4 Å². The third-order valence-electron chi connectivity index (χ3n) is 5.55. The predicted molar refractivity (Wildman–Crippen MR) is 107 cm³/mol. The average Bonchev–Trinajstić information content (AvgIpc) is 2.73. The number of anilines is 1. The van der Waals surface area contributed by atoms with E-state index in [1.165, 1.54) is 0 Å². The second-order valence-corrected chi connectivity index (χ2v) is 7.45. The number of nitrogens with zero attached hydrogens (tertiary/aromatic N) is 2. The van der Waals surface area contributed by atoms with Crippen molar-refractivity contribution in [1.82, 2.24) is 4.90 Å². The van der Waals surface area contributed by atoms with Gasteiger partial charge in [-0.05, 0) is 37.1 Å². The molecule has 2 heterocycles. The number of para-hydroxylation sites is 2. The smallest absolute Gasteiger partial charge is 0.241 e.